The van der Waals surface area contributed by atoms with Crippen molar-refractivity contribution in [2.75, 3.05) is 7.11 Å². The number of carbonyl (C=O) groups excluding carboxylic acids is 1. The second kappa shape index (κ2) is 8.19. The van der Waals surface area contributed by atoms with Crippen LogP contribution in [0, 0.1) is 12.7 Å². The van der Waals surface area contributed by atoms with Crippen molar-refractivity contribution in [2.24, 2.45) is 4.99 Å². The van der Waals surface area contributed by atoms with Crippen molar-refractivity contribution in [3.63, 3.8) is 0 Å². The van der Waals surface area contributed by atoms with E-state index >= 15 is 0 Å². The molecule has 4 nitrogen and oxygen atoms in total. The standard InChI is InChI=1S/C20H18BrFN2O2S/c1-4-24-18(13-5-8-15(22)9-6-13)12(2)27-20(24)23-19(25)14-7-10-17(26-3)16(21)11-14/h5-11H,4H2,1-3H3. The highest BCUT2D eigenvalue weighted by atomic mass is 79.9. The Morgan fingerprint density at radius 3 is 2.56 bits per heavy atom. The molecule has 1 amide bonds. The number of rotatable bonds is 4. The molecule has 0 N–H and O–H groups in total. The fourth-order valence-electron chi connectivity index (χ4n) is 2.82. The Balaban J connectivity index is 2.06. The van der Waals surface area contributed by atoms with Gasteiger partial charge in [0.2, 0.25) is 0 Å². The fourth-order valence-corrected chi connectivity index (χ4v) is 4.42. The number of aryl methyl sites for hydroxylation is 1. The minimum atomic E-state index is -0.326. The Morgan fingerprint density at radius 2 is 1.96 bits per heavy atom. The summed E-state index contributed by atoms with van der Waals surface area (Å²) in [5, 5.41) is 0. The molecule has 3 aromatic rings. The molecule has 0 bridgehead atoms. The highest BCUT2D eigenvalue weighted by Gasteiger charge is 2.14. The van der Waals surface area contributed by atoms with Crippen LogP contribution in [0.15, 0.2) is 51.9 Å². The maximum absolute atomic E-state index is 13.3. The highest BCUT2D eigenvalue weighted by Crippen LogP contribution is 2.27. The van der Waals surface area contributed by atoms with E-state index in [9.17, 15) is 9.18 Å². The number of carbonyl (C=O) groups is 1. The Kier molecular flexibility index (Phi) is 5.92. The number of methoxy groups -OCH3 is 1. The van der Waals surface area contributed by atoms with Crippen LogP contribution in [0.1, 0.15) is 22.2 Å². The zero-order chi connectivity index (χ0) is 19.6. The number of thiazole rings is 1. The summed E-state index contributed by atoms with van der Waals surface area (Å²) in [6.07, 6.45) is 0. The summed E-state index contributed by atoms with van der Waals surface area (Å²) in [5.74, 6) is 0.0491. The van der Waals surface area contributed by atoms with Crippen molar-refractivity contribution in [3.8, 4) is 17.0 Å². The second-order valence-electron chi connectivity index (χ2n) is 5.81. The number of hydrogen-bond acceptors (Lipinski definition) is 3. The molecule has 7 heteroatoms. The van der Waals surface area contributed by atoms with Crippen LogP contribution in [-0.4, -0.2) is 17.6 Å². The zero-order valence-electron chi connectivity index (χ0n) is 15.1. The van der Waals surface area contributed by atoms with Gasteiger partial charge in [-0.1, -0.05) is 0 Å². The van der Waals surface area contributed by atoms with E-state index in [1.807, 2.05) is 18.4 Å². The summed E-state index contributed by atoms with van der Waals surface area (Å²) >= 11 is 4.83. The largest absolute Gasteiger partial charge is 0.496 e. The number of ether oxygens (including phenoxy) is 1. The zero-order valence-corrected chi connectivity index (χ0v) is 17.5. The SMILES string of the molecule is CCn1c(-c2ccc(F)cc2)c(C)sc1=NC(=O)c1ccc(OC)c(Br)c1. The van der Waals surface area contributed by atoms with Crippen molar-refractivity contribution < 1.29 is 13.9 Å². The molecule has 2 aromatic carbocycles. The van der Waals surface area contributed by atoms with Crippen molar-refractivity contribution in [1.82, 2.24) is 4.57 Å². The molecule has 0 aliphatic carbocycles. The van der Waals surface area contributed by atoms with Gasteiger partial charge >= 0.3 is 0 Å². The molecular formula is C20H18BrFN2O2S. The summed E-state index contributed by atoms with van der Waals surface area (Å²) in [6, 6.07) is 11.5. The molecule has 0 aliphatic rings. The van der Waals surface area contributed by atoms with E-state index < -0.39 is 0 Å². The van der Waals surface area contributed by atoms with Crippen LogP contribution in [0.4, 0.5) is 4.39 Å². The number of amides is 1. The third kappa shape index (κ3) is 4.04. The lowest BCUT2D eigenvalue weighted by atomic mass is 10.1. The van der Waals surface area contributed by atoms with E-state index in [-0.39, 0.29) is 11.7 Å². The van der Waals surface area contributed by atoms with E-state index in [1.54, 1.807) is 37.4 Å². The van der Waals surface area contributed by atoms with E-state index in [1.165, 1.54) is 23.5 Å². The average molecular weight is 449 g/mol. The number of aromatic nitrogens is 1. The number of halogens is 2. The van der Waals surface area contributed by atoms with E-state index in [4.69, 9.17) is 4.74 Å². The Morgan fingerprint density at radius 1 is 1.26 bits per heavy atom. The molecule has 1 heterocycles. The van der Waals surface area contributed by atoms with Crippen molar-refractivity contribution in [3.05, 3.63) is 68.0 Å². The van der Waals surface area contributed by atoms with Crippen LogP contribution < -0.4 is 9.54 Å². The monoisotopic (exact) mass is 448 g/mol. The molecule has 140 valence electrons. The summed E-state index contributed by atoms with van der Waals surface area (Å²) in [4.78, 5) is 18.6. The molecule has 0 radical (unpaired) electrons. The summed E-state index contributed by atoms with van der Waals surface area (Å²) in [7, 11) is 1.57. The van der Waals surface area contributed by atoms with Crippen LogP contribution in [0.25, 0.3) is 11.3 Å². The molecular weight excluding hydrogens is 431 g/mol. The minimum Gasteiger partial charge on any atom is -0.496 e. The first-order valence-corrected chi connectivity index (χ1v) is 9.94. The second-order valence-corrected chi connectivity index (χ2v) is 7.84. The highest BCUT2D eigenvalue weighted by molar-refractivity contribution is 9.10. The first-order chi connectivity index (χ1) is 12.9. The van der Waals surface area contributed by atoms with Crippen LogP contribution in [0.2, 0.25) is 0 Å². The first kappa shape index (κ1) is 19.5. The molecule has 0 saturated carbocycles. The lowest BCUT2D eigenvalue weighted by molar-refractivity contribution is 0.0997. The normalized spacial score (nSPS) is 11.7. The Bertz CT molecular complexity index is 1050. The smallest absolute Gasteiger partial charge is 0.279 e. The van der Waals surface area contributed by atoms with Gasteiger partial charge in [0.15, 0.2) is 4.80 Å². The molecule has 0 fully saturated rings. The first-order valence-electron chi connectivity index (χ1n) is 8.33. The van der Waals surface area contributed by atoms with Crippen LogP contribution in [0.5, 0.6) is 5.75 Å². The van der Waals surface area contributed by atoms with E-state index in [0.29, 0.717) is 27.1 Å². The van der Waals surface area contributed by atoms with E-state index in [0.717, 1.165) is 16.1 Å². The molecule has 0 atom stereocenters. The predicted molar refractivity (Wildman–Crippen MR) is 109 cm³/mol. The Hall–Kier alpha value is -2.25. The number of benzene rings is 2. The predicted octanol–water partition coefficient (Wildman–Crippen LogP) is 5.20. The quantitative estimate of drug-likeness (QED) is 0.550. The molecule has 3 rings (SSSR count). The lowest BCUT2D eigenvalue weighted by Crippen LogP contribution is -2.17. The molecule has 0 saturated heterocycles. The van der Waals surface area contributed by atoms with Gasteiger partial charge in [0, 0.05) is 17.0 Å². The van der Waals surface area contributed by atoms with Gasteiger partial charge in [-0.05, 0) is 77.8 Å². The summed E-state index contributed by atoms with van der Waals surface area (Å²) < 4.78 is 21.1. The number of hydrogen-bond donors (Lipinski definition) is 0. The molecule has 0 spiro atoms. The van der Waals surface area contributed by atoms with Gasteiger partial charge in [0.25, 0.3) is 5.91 Å². The van der Waals surface area contributed by atoms with Crippen molar-refractivity contribution in [2.45, 2.75) is 20.4 Å². The van der Waals surface area contributed by atoms with Crippen LogP contribution in [-0.2, 0) is 6.54 Å². The minimum absolute atomic E-state index is 0.278. The van der Waals surface area contributed by atoms with Gasteiger partial charge in [-0.2, -0.15) is 4.99 Å². The van der Waals surface area contributed by atoms with Gasteiger partial charge in [-0.25, -0.2) is 4.39 Å². The summed E-state index contributed by atoms with van der Waals surface area (Å²) in [5.41, 5.74) is 2.32. The van der Waals surface area contributed by atoms with Crippen LogP contribution >= 0.6 is 27.3 Å². The molecule has 1 aromatic heterocycles. The molecule has 0 aliphatic heterocycles. The third-order valence-corrected chi connectivity index (χ3v) is 5.72. The third-order valence-electron chi connectivity index (χ3n) is 4.11. The summed E-state index contributed by atoms with van der Waals surface area (Å²) in [6.45, 7) is 4.62. The molecule has 0 unspecified atom stereocenters. The van der Waals surface area contributed by atoms with Crippen molar-refractivity contribution in [1.29, 1.82) is 0 Å². The number of nitrogens with zero attached hydrogens (tertiary/aromatic N) is 2. The van der Waals surface area contributed by atoms with E-state index in [2.05, 4.69) is 20.9 Å². The average Bonchev–Trinajstić information content (AvgIpc) is 2.97. The fraction of sp³-hybridized carbons (Fsp3) is 0.200. The van der Waals surface area contributed by atoms with Crippen LogP contribution in [0.3, 0.4) is 0 Å². The van der Waals surface area contributed by atoms with Crippen molar-refractivity contribution >= 4 is 33.2 Å². The lowest BCUT2D eigenvalue weighted by Gasteiger charge is -2.07. The van der Waals surface area contributed by atoms with Gasteiger partial charge in [0.05, 0.1) is 17.3 Å². The van der Waals surface area contributed by atoms with Gasteiger partial charge in [0.1, 0.15) is 11.6 Å². The topological polar surface area (TPSA) is 43.6 Å². The Labute approximate surface area is 169 Å². The molecule has 27 heavy (non-hydrogen) atoms. The van der Waals surface area contributed by atoms with Gasteiger partial charge in [-0.15, -0.1) is 11.3 Å². The van der Waals surface area contributed by atoms with Gasteiger partial charge < -0.3 is 9.30 Å². The maximum Gasteiger partial charge on any atom is 0.279 e. The maximum atomic E-state index is 13.3. The van der Waals surface area contributed by atoms with Gasteiger partial charge in [-0.3, -0.25) is 4.79 Å².